The molecule has 1 rings (SSSR count). The maximum atomic E-state index is 13.4. The Morgan fingerprint density at radius 2 is 2.13 bits per heavy atom. The number of benzene rings is 1. The van der Waals surface area contributed by atoms with Gasteiger partial charge >= 0.3 is 5.97 Å². The third-order valence-corrected chi connectivity index (χ3v) is 1.86. The van der Waals surface area contributed by atoms with Gasteiger partial charge in [0.25, 0.3) is 0 Å². The minimum absolute atomic E-state index is 0.130. The molecule has 1 aromatic rings. The SMILES string of the molecule is CC#CCc1c(F)ccc(C(=O)O)c1F. The van der Waals surface area contributed by atoms with Gasteiger partial charge in [0.15, 0.2) is 0 Å². The van der Waals surface area contributed by atoms with Gasteiger partial charge in [0.1, 0.15) is 11.6 Å². The normalized spacial score (nSPS) is 9.27. The first-order valence-electron chi connectivity index (χ1n) is 4.17. The van der Waals surface area contributed by atoms with E-state index in [-0.39, 0.29) is 12.0 Å². The molecule has 0 atom stereocenters. The molecule has 1 N–H and O–H groups in total. The zero-order chi connectivity index (χ0) is 11.4. The predicted octanol–water partition coefficient (Wildman–Crippen LogP) is 2.23. The van der Waals surface area contributed by atoms with Crippen LogP contribution in [0.15, 0.2) is 12.1 Å². The van der Waals surface area contributed by atoms with Gasteiger partial charge in [0, 0.05) is 12.0 Å². The third-order valence-electron chi connectivity index (χ3n) is 1.86. The summed E-state index contributed by atoms with van der Waals surface area (Å²) in [5.41, 5.74) is -0.839. The second kappa shape index (κ2) is 4.56. The molecule has 0 aliphatic rings. The topological polar surface area (TPSA) is 37.3 Å². The first-order valence-corrected chi connectivity index (χ1v) is 4.17. The minimum atomic E-state index is -1.42. The maximum absolute atomic E-state index is 13.4. The number of rotatable bonds is 2. The van der Waals surface area contributed by atoms with Crippen molar-refractivity contribution in [1.29, 1.82) is 0 Å². The number of carboxylic acid groups (broad SMARTS) is 1. The van der Waals surface area contributed by atoms with Crippen LogP contribution in [0.1, 0.15) is 22.8 Å². The van der Waals surface area contributed by atoms with Gasteiger partial charge in [0.2, 0.25) is 0 Å². The van der Waals surface area contributed by atoms with Crippen LogP contribution in [0, 0.1) is 23.5 Å². The van der Waals surface area contributed by atoms with Gasteiger partial charge in [-0.25, -0.2) is 13.6 Å². The van der Waals surface area contributed by atoms with E-state index in [0.717, 1.165) is 12.1 Å². The van der Waals surface area contributed by atoms with Crippen molar-refractivity contribution < 1.29 is 18.7 Å². The molecule has 0 saturated carbocycles. The molecule has 15 heavy (non-hydrogen) atoms. The fraction of sp³-hybridized carbons (Fsp3) is 0.182. The van der Waals surface area contributed by atoms with Crippen molar-refractivity contribution in [2.75, 3.05) is 0 Å². The van der Waals surface area contributed by atoms with E-state index < -0.39 is 23.2 Å². The Balaban J connectivity index is 3.27. The first-order chi connectivity index (χ1) is 7.07. The lowest BCUT2D eigenvalue weighted by atomic mass is 10.1. The van der Waals surface area contributed by atoms with E-state index in [1.54, 1.807) is 0 Å². The summed E-state index contributed by atoms with van der Waals surface area (Å²) in [6, 6.07) is 1.83. The van der Waals surface area contributed by atoms with Crippen LogP contribution in [0.5, 0.6) is 0 Å². The predicted molar refractivity (Wildman–Crippen MR) is 50.5 cm³/mol. The van der Waals surface area contributed by atoms with Gasteiger partial charge in [-0.15, -0.1) is 5.92 Å². The number of halogens is 2. The van der Waals surface area contributed by atoms with Crippen molar-refractivity contribution in [2.45, 2.75) is 13.3 Å². The van der Waals surface area contributed by atoms with Crippen LogP contribution in [0.25, 0.3) is 0 Å². The highest BCUT2D eigenvalue weighted by Gasteiger charge is 2.16. The molecule has 1 aromatic carbocycles. The molecule has 0 saturated heterocycles. The highest BCUT2D eigenvalue weighted by atomic mass is 19.1. The molecule has 0 aliphatic heterocycles. The molecule has 0 unspecified atom stereocenters. The zero-order valence-corrected chi connectivity index (χ0v) is 7.97. The van der Waals surface area contributed by atoms with Crippen molar-refractivity contribution in [3.8, 4) is 11.8 Å². The highest BCUT2D eigenvalue weighted by Crippen LogP contribution is 2.17. The van der Waals surface area contributed by atoms with Gasteiger partial charge in [-0.1, -0.05) is 5.92 Å². The van der Waals surface area contributed by atoms with Gasteiger partial charge < -0.3 is 5.11 Å². The molecule has 0 spiro atoms. The van der Waals surface area contributed by atoms with Crippen LogP contribution >= 0.6 is 0 Å². The Kier molecular flexibility index (Phi) is 3.40. The fourth-order valence-corrected chi connectivity index (χ4v) is 1.10. The van der Waals surface area contributed by atoms with Crippen LogP contribution in [0.2, 0.25) is 0 Å². The quantitative estimate of drug-likeness (QED) is 0.760. The lowest BCUT2D eigenvalue weighted by Gasteiger charge is -2.03. The molecular formula is C11H8F2O2. The Bertz CT molecular complexity index is 456. The lowest BCUT2D eigenvalue weighted by Crippen LogP contribution is -2.05. The Morgan fingerprint density at radius 3 is 2.67 bits per heavy atom. The van der Waals surface area contributed by atoms with Gasteiger partial charge in [0.05, 0.1) is 5.56 Å². The van der Waals surface area contributed by atoms with E-state index in [0.29, 0.717) is 0 Å². The van der Waals surface area contributed by atoms with Crippen molar-refractivity contribution in [3.63, 3.8) is 0 Å². The highest BCUT2D eigenvalue weighted by molar-refractivity contribution is 5.88. The van der Waals surface area contributed by atoms with Gasteiger partial charge in [-0.3, -0.25) is 0 Å². The average molecular weight is 210 g/mol. The molecule has 78 valence electrons. The molecule has 0 amide bonds. The molecular weight excluding hydrogens is 202 g/mol. The Morgan fingerprint density at radius 1 is 1.47 bits per heavy atom. The second-order valence-electron chi connectivity index (χ2n) is 2.80. The molecule has 0 aromatic heterocycles. The summed E-state index contributed by atoms with van der Waals surface area (Å²) in [7, 11) is 0. The average Bonchev–Trinajstić information content (AvgIpc) is 2.17. The number of aromatic carboxylic acids is 1. The number of hydrogen-bond donors (Lipinski definition) is 1. The molecule has 0 heterocycles. The molecule has 0 radical (unpaired) electrons. The van der Waals surface area contributed by atoms with Crippen LogP contribution in [-0.2, 0) is 6.42 Å². The fourth-order valence-electron chi connectivity index (χ4n) is 1.10. The summed E-state index contributed by atoms with van der Waals surface area (Å²) in [6.45, 7) is 1.54. The largest absolute Gasteiger partial charge is 0.478 e. The van der Waals surface area contributed by atoms with E-state index in [4.69, 9.17) is 5.11 Å². The molecule has 2 nitrogen and oxygen atoms in total. The van der Waals surface area contributed by atoms with Crippen LogP contribution in [-0.4, -0.2) is 11.1 Å². The summed E-state index contributed by atoms with van der Waals surface area (Å²) in [5, 5.41) is 8.61. The smallest absolute Gasteiger partial charge is 0.338 e. The zero-order valence-electron chi connectivity index (χ0n) is 7.97. The summed E-state index contributed by atoms with van der Waals surface area (Å²) in [5.74, 6) is 1.73. The van der Waals surface area contributed by atoms with E-state index >= 15 is 0 Å². The number of hydrogen-bond acceptors (Lipinski definition) is 1. The van der Waals surface area contributed by atoms with E-state index in [2.05, 4.69) is 11.8 Å². The Hall–Kier alpha value is -1.89. The monoisotopic (exact) mass is 210 g/mol. The summed E-state index contributed by atoms with van der Waals surface area (Å²) in [4.78, 5) is 10.6. The third kappa shape index (κ3) is 2.32. The number of carboxylic acids is 1. The van der Waals surface area contributed by atoms with Crippen molar-refractivity contribution >= 4 is 5.97 Å². The van der Waals surface area contributed by atoms with Crippen molar-refractivity contribution in [2.24, 2.45) is 0 Å². The second-order valence-corrected chi connectivity index (χ2v) is 2.80. The molecule has 4 heteroatoms. The van der Waals surface area contributed by atoms with Crippen molar-refractivity contribution in [3.05, 3.63) is 34.9 Å². The van der Waals surface area contributed by atoms with Crippen molar-refractivity contribution in [1.82, 2.24) is 0 Å². The van der Waals surface area contributed by atoms with Gasteiger partial charge in [-0.05, 0) is 19.1 Å². The van der Waals surface area contributed by atoms with E-state index in [9.17, 15) is 13.6 Å². The molecule has 0 fully saturated rings. The molecule has 0 aliphatic carbocycles. The van der Waals surface area contributed by atoms with Gasteiger partial charge in [-0.2, -0.15) is 0 Å². The maximum Gasteiger partial charge on any atom is 0.338 e. The Labute approximate surface area is 85.5 Å². The summed E-state index contributed by atoms with van der Waals surface area (Å²) < 4.78 is 26.5. The minimum Gasteiger partial charge on any atom is -0.478 e. The number of carbonyl (C=O) groups is 1. The molecule has 0 bridgehead atoms. The standard InChI is InChI=1S/C11H8F2O2/c1-2-3-4-7-9(12)6-5-8(10(7)13)11(14)15/h5-6H,4H2,1H3,(H,14,15). The van der Waals surface area contributed by atoms with E-state index in [1.165, 1.54) is 6.92 Å². The van der Waals surface area contributed by atoms with Crippen LogP contribution in [0.4, 0.5) is 8.78 Å². The lowest BCUT2D eigenvalue weighted by molar-refractivity contribution is 0.0691. The summed E-state index contributed by atoms with van der Waals surface area (Å²) in [6.07, 6.45) is -0.130. The van der Waals surface area contributed by atoms with E-state index in [1.807, 2.05) is 0 Å². The first kappa shape index (κ1) is 11.2. The van der Waals surface area contributed by atoms with Crippen LogP contribution < -0.4 is 0 Å². The van der Waals surface area contributed by atoms with Crippen LogP contribution in [0.3, 0.4) is 0 Å². The summed E-state index contributed by atoms with van der Waals surface area (Å²) >= 11 is 0.